The fraction of sp³-hybridized carbons (Fsp3) is 0.286. The van der Waals surface area contributed by atoms with Gasteiger partial charge in [0.25, 0.3) is 5.56 Å². The number of anilines is 1. The minimum absolute atomic E-state index is 0.0930. The lowest BCUT2D eigenvalue weighted by Gasteiger charge is -2.07. The van der Waals surface area contributed by atoms with E-state index < -0.39 is 5.69 Å². The molecule has 2 aromatic carbocycles. The lowest BCUT2D eigenvalue weighted by atomic mass is 10.1. The summed E-state index contributed by atoms with van der Waals surface area (Å²) < 4.78 is 11.8. The van der Waals surface area contributed by atoms with Gasteiger partial charge in [0, 0.05) is 24.7 Å². The van der Waals surface area contributed by atoms with Crippen LogP contribution in [0.25, 0.3) is 10.9 Å². The van der Waals surface area contributed by atoms with Gasteiger partial charge in [-0.3, -0.25) is 14.2 Å². The lowest BCUT2D eigenvalue weighted by molar-refractivity contribution is -0.116. The highest BCUT2D eigenvalue weighted by Gasteiger charge is 2.14. The van der Waals surface area contributed by atoms with E-state index in [9.17, 15) is 14.4 Å². The van der Waals surface area contributed by atoms with Crippen molar-refractivity contribution in [2.75, 3.05) is 12.1 Å². The zero-order chi connectivity index (χ0) is 20.2. The van der Waals surface area contributed by atoms with Crippen molar-refractivity contribution in [2.24, 2.45) is 0 Å². The average molecular weight is 395 g/mol. The van der Waals surface area contributed by atoms with Gasteiger partial charge in [-0.25, -0.2) is 4.79 Å². The molecule has 0 saturated carbocycles. The van der Waals surface area contributed by atoms with Crippen molar-refractivity contribution >= 4 is 22.5 Å². The Labute approximate surface area is 166 Å². The second kappa shape index (κ2) is 8.22. The van der Waals surface area contributed by atoms with E-state index in [0.717, 1.165) is 6.42 Å². The van der Waals surface area contributed by atoms with Crippen LogP contribution in [0.15, 0.2) is 52.1 Å². The van der Waals surface area contributed by atoms with Crippen molar-refractivity contribution in [1.82, 2.24) is 9.55 Å². The van der Waals surface area contributed by atoms with Gasteiger partial charge in [-0.05, 0) is 37.1 Å². The Hall–Kier alpha value is -3.55. The minimum atomic E-state index is -0.408. The molecule has 1 aliphatic heterocycles. The number of fused-ring (bicyclic) bond motifs is 2. The van der Waals surface area contributed by atoms with Crippen molar-refractivity contribution in [3.8, 4) is 11.5 Å². The predicted molar refractivity (Wildman–Crippen MR) is 108 cm³/mol. The van der Waals surface area contributed by atoms with E-state index in [1.54, 1.807) is 42.5 Å². The van der Waals surface area contributed by atoms with E-state index in [2.05, 4.69) is 10.3 Å². The van der Waals surface area contributed by atoms with E-state index >= 15 is 0 Å². The van der Waals surface area contributed by atoms with Gasteiger partial charge in [-0.2, -0.15) is 0 Å². The van der Waals surface area contributed by atoms with Gasteiger partial charge in [0.05, 0.1) is 10.9 Å². The molecule has 0 bridgehead atoms. The predicted octanol–water partition coefficient (Wildman–Crippen LogP) is 2.62. The number of hydrogen-bond donors (Lipinski definition) is 2. The van der Waals surface area contributed by atoms with Crippen molar-refractivity contribution < 1.29 is 14.3 Å². The molecule has 29 heavy (non-hydrogen) atoms. The number of benzene rings is 2. The van der Waals surface area contributed by atoms with Gasteiger partial charge in [0.1, 0.15) is 0 Å². The number of nitrogens with zero attached hydrogens (tertiary/aromatic N) is 1. The Morgan fingerprint density at radius 2 is 1.86 bits per heavy atom. The molecular formula is C21H21N3O5. The molecule has 0 spiro atoms. The van der Waals surface area contributed by atoms with Crippen LogP contribution in [0, 0.1) is 0 Å². The molecule has 0 unspecified atom stereocenters. The van der Waals surface area contributed by atoms with Crippen LogP contribution in [0.1, 0.15) is 25.7 Å². The fourth-order valence-corrected chi connectivity index (χ4v) is 3.33. The molecule has 2 heterocycles. The first-order valence-electron chi connectivity index (χ1n) is 9.53. The monoisotopic (exact) mass is 395 g/mol. The van der Waals surface area contributed by atoms with Gasteiger partial charge in [0.15, 0.2) is 11.5 Å². The summed E-state index contributed by atoms with van der Waals surface area (Å²) in [7, 11) is 0. The fourth-order valence-electron chi connectivity index (χ4n) is 3.33. The maximum Gasteiger partial charge on any atom is 0.328 e. The molecule has 3 aromatic rings. The molecule has 0 radical (unpaired) electrons. The Morgan fingerprint density at radius 1 is 1.03 bits per heavy atom. The second-order valence-electron chi connectivity index (χ2n) is 6.86. The minimum Gasteiger partial charge on any atom is -0.454 e. The molecule has 8 nitrogen and oxygen atoms in total. The number of carbonyl (C=O) groups excluding carboxylic acids is 1. The number of ether oxygens (including phenoxy) is 2. The van der Waals surface area contributed by atoms with E-state index in [0.29, 0.717) is 53.9 Å². The Morgan fingerprint density at radius 3 is 2.76 bits per heavy atom. The zero-order valence-corrected chi connectivity index (χ0v) is 15.8. The van der Waals surface area contributed by atoms with Gasteiger partial charge < -0.3 is 19.8 Å². The van der Waals surface area contributed by atoms with Crippen molar-refractivity contribution in [3.05, 3.63) is 63.3 Å². The first-order chi connectivity index (χ1) is 14.1. The van der Waals surface area contributed by atoms with E-state index in [1.807, 2.05) is 0 Å². The smallest absolute Gasteiger partial charge is 0.328 e. The molecule has 0 fully saturated rings. The summed E-state index contributed by atoms with van der Waals surface area (Å²) in [5, 5.41) is 3.33. The first kappa shape index (κ1) is 18.8. The summed E-state index contributed by atoms with van der Waals surface area (Å²) in [4.78, 5) is 39.4. The highest BCUT2D eigenvalue weighted by atomic mass is 16.7. The number of aromatic nitrogens is 2. The summed E-state index contributed by atoms with van der Waals surface area (Å²) in [6, 6.07) is 12.2. The Kier molecular flexibility index (Phi) is 5.33. The SMILES string of the molecule is O=C(CCCCCn1c(=O)[nH]c2ccccc2c1=O)Nc1ccc2c(c1)OCO2. The highest BCUT2D eigenvalue weighted by molar-refractivity contribution is 5.91. The topological polar surface area (TPSA) is 102 Å². The summed E-state index contributed by atoms with van der Waals surface area (Å²) in [6.07, 6.45) is 2.39. The van der Waals surface area contributed by atoms with Gasteiger partial charge in [-0.15, -0.1) is 0 Å². The third-order valence-electron chi connectivity index (χ3n) is 4.83. The lowest BCUT2D eigenvalue weighted by Crippen LogP contribution is -2.35. The quantitative estimate of drug-likeness (QED) is 0.599. The van der Waals surface area contributed by atoms with Crippen LogP contribution in [-0.2, 0) is 11.3 Å². The number of hydrogen-bond acceptors (Lipinski definition) is 5. The van der Waals surface area contributed by atoms with E-state index in [1.165, 1.54) is 4.57 Å². The summed E-state index contributed by atoms with van der Waals surface area (Å²) in [6.45, 7) is 0.513. The van der Waals surface area contributed by atoms with Crippen LogP contribution in [0.2, 0.25) is 0 Å². The van der Waals surface area contributed by atoms with Gasteiger partial charge >= 0.3 is 5.69 Å². The number of aromatic amines is 1. The van der Waals surface area contributed by atoms with Crippen molar-refractivity contribution in [3.63, 3.8) is 0 Å². The van der Waals surface area contributed by atoms with Crippen LogP contribution in [0.3, 0.4) is 0 Å². The van der Waals surface area contributed by atoms with Crippen LogP contribution < -0.4 is 26.0 Å². The number of rotatable bonds is 7. The maximum atomic E-state index is 12.5. The zero-order valence-electron chi connectivity index (χ0n) is 15.8. The number of para-hydroxylation sites is 1. The van der Waals surface area contributed by atoms with Crippen molar-refractivity contribution in [2.45, 2.75) is 32.2 Å². The third-order valence-corrected chi connectivity index (χ3v) is 4.83. The Balaban J connectivity index is 1.26. The maximum absolute atomic E-state index is 12.5. The highest BCUT2D eigenvalue weighted by Crippen LogP contribution is 2.34. The molecule has 150 valence electrons. The average Bonchev–Trinajstić information content (AvgIpc) is 3.18. The molecule has 0 atom stereocenters. The van der Waals surface area contributed by atoms with Crippen LogP contribution in [0.4, 0.5) is 5.69 Å². The van der Waals surface area contributed by atoms with Gasteiger partial charge in [0.2, 0.25) is 12.7 Å². The molecule has 4 rings (SSSR count). The molecule has 8 heteroatoms. The number of H-pyrrole nitrogens is 1. The normalized spacial score (nSPS) is 12.3. The second-order valence-corrected chi connectivity index (χ2v) is 6.86. The molecule has 0 saturated heterocycles. The molecule has 1 aliphatic rings. The molecule has 2 N–H and O–H groups in total. The van der Waals surface area contributed by atoms with Crippen LogP contribution in [0.5, 0.6) is 11.5 Å². The van der Waals surface area contributed by atoms with Crippen LogP contribution >= 0.6 is 0 Å². The van der Waals surface area contributed by atoms with E-state index in [-0.39, 0.29) is 18.3 Å². The number of amides is 1. The number of carbonyl (C=O) groups is 1. The molecule has 0 aliphatic carbocycles. The number of unbranched alkanes of at least 4 members (excludes halogenated alkanes) is 2. The van der Waals surface area contributed by atoms with Crippen LogP contribution in [-0.4, -0.2) is 22.3 Å². The summed E-state index contributed by atoms with van der Waals surface area (Å²) >= 11 is 0. The number of nitrogens with one attached hydrogen (secondary N) is 2. The van der Waals surface area contributed by atoms with Gasteiger partial charge in [-0.1, -0.05) is 18.6 Å². The Bertz CT molecular complexity index is 1160. The summed E-state index contributed by atoms with van der Waals surface area (Å²) in [5.74, 6) is 1.19. The van der Waals surface area contributed by atoms with Crippen molar-refractivity contribution in [1.29, 1.82) is 0 Å². The molecule has 1 amide bonds. The molecule has 1 aromatic heterocycles. The third kappa shape index (κ3) is 4.16. The molecular weight excluding hydrogens is 374 g/mol. The standard InChI is InChI=1S/C21H21N3O5/c25-19(22-14-9-10-17-18(12-14)29-13-28-17)8-2-1-5-11-24-20(26)15-6-3-4-7-16(15)23-21(24)27/h3-4,6-7,9-10,12H,1-2,5,8,11,13H2,(H,22,25)(H,23,27). The van der Waals surface area contributed by atoms with E-state index in [4.69, 9.17) is 9.47 Å². The largest absolute Gasteiger partial charge is 0.454 e. The first-order valence-corrected chi connectivity index (χ1v) is 9.53. The summed E-state index contributed by atoms with van der Waals surface area (Å²) in [5.41, 5.74) is 0.506.